The smallest absolute Gasteiger partial charge is 0.394 e. The molecule has 242 valence electrons. The molecule has 1 unspecified atom stereocenters. The fraction of sp³-hybridized carbons (Fsp3) is 0.533. The van der Waals surface area contributed by atoms with E-state index in [1.807, 2.05) is 4.90 Å². The van der Waals surface area contributed by atoms with Crippen LogP contribution in [0.5, 0.6) is 5.88 Å². The van der Waals surface area contributed by atoms with E-state index in [-0.39, 0.29) is 48.4 Å². The Labute approximate surface area is 259 Å². The largest absolute Gasteiger partial charge is 0.477 e. The first-order valence-corrected chi connectivity index (χ1v) is 16.6. The number of fused-ring (bicyclic) bond motifs is 6. The number of nitrogens with zero attached hydrogens (tertiary/aromatic N) is 6. The molecule has 1 atom stereocenters. The van der Waals surface area contributed by atoms with Crippen LogP contribution in [0.1, 0.15) is 69.7 Å². The molecule has 3 aliphatic rings. The summed E-state index contributed by atoms with van der Waals surface area (Å²) in [5, 5.41) is 4.11. The second-order valence-corrected chi connectivity index (χ2v) is 14.2. The summed E-state index contributed by atoms with van der Waals surface area (Å²) in [6.07, 6.45) is -0.0907. The molecular formula is C30H36F3N7O4S. The van der Waals surface area contributed by atoms with Gasteiger partial charge in [-0.25, -0.2) is 19.4 Å². The lowest BCUT2D eigenvalue weighted by Gasteiger charge is -2.33. The van der Waals surface area contributed by atoms with Crippen molar-refractivity contribution in [3.8, 4) is 11.7 Å². The van der Waals surface area contributed by atoms with Gasteiger partial charge in [0.25, 0.3) is 15.9 Å². The third-order valence-electron chi connectivity index (χ3n) is 9.00. The van der Waals surface area contributed by atoms with E-state index in [1.165, 1.54) is 28.9 Å². The zero-order valence-corrected chi connectivity index (χ0v) is 26.2. The zero-order valence-electron chi connectivity index (χ0n) is 25.3. The number of sulfonamides is 1. The molecule has 15 heteroatoms. The number of carbonyl (C=O) groups excluding carboxylic acids is 1. The number of nitrogens with one attached hydrogen (secondary N) is 1. The number of pyridine rings is 2. The van der Waals surface area contributed by atoms with Crippen molar-refractivity contribution in [2.75, 3.05) is 29.5 Å². The number of ether oxygens (including phenoxy) is 1. The predicted molar refractivity (Wildman–Crippen MR) is 160 cm³/mol. The van der Waals surface area contributed by atoms with E-state index >= 15 is 0 Å². The Bertz CT molecular complexity index is 1710. The van der Waals surface area contributed by atoms with E-state index in [0.29, 0.717) is 37.0 Å². The topological polar surface area (TPSA) is 123 Å². The number of halogens is 3. The lowest BCUT2D eigenvalue weighted by atomic mass is 9.99. The minimum atomic E-state index is -4.30. The Hall–Kier alpha value is -3.88. The standard InChI is InChI=1S/C30H36F3N7O4S/c1-4-5-15-38-20-18-28(2,3)39(19-20)26-21(27(41)37-45(42,43)25-8-6-7-22(38)34-25)9-10-23(35-26)40-16-11-24(36-40)44-17-14-29(12-13-29)30(31,32)33/h6-11,16,20H,4-5,12-15,17-19H2,1-3H3,(H,37,41). The summed E-state index contributed by atoms with van der Waals surface area (Å²) in [4.78, 5) is 27.0. The molecule has 45 heavy (non-hydrogen) atoms. The van der Waals surface area contributed by atoms with Crippen molar-refractivity contribution in [3.63, 3.8) is 0 Å². The van der Waals surface area contributed by atoms with Crippen LogP contribution in [-0.2, 0) is 10.0 Å². The maximum atomic E-state index is 13.5. The van der Waals surface area contributed by atoms with Gasteiger partial charge in [0.2, 0.25) is 5.88 Å². The maximum absolute atomic E-state index is 13.5. The first-order valence-electron chi connectivity index (χ1n) is 15.1. The molecule has 6 rings (SSSR count). The van der Waals surface area contributed by atoms with Crippen molar-refractivity contribution in [1.29, 1.82) is 0 Å². The zero-order chi connectivity index (χ0) is 32.2. The lowest BCUT2D eigenvalue weighted by Crippen LogP contribution is -2.42. The van der Waals surface area contributed by atoms with Crippen LogP contribution in [0, 0.1) is 5.41 Å². The van der Waals surface area contributed by atoms with Crippen LogP contribution in [0.2, 0.25) is 0 Å². The quantitative estimate of drug-likeness (QED) is 0.365. The number of hydrogen-bond acceptors (Lipinski definition) is 9. The minimum absolute atomic E-state index is 0.0473. The number of unbranched alkanes of at least 4 members (excludes halogenated alkanes) is 1. The molecule has 1 saturated carbocycles. The van der Waals surface area contributed by atoms with E-state index < -0.39 is 33.1 Å². The van der Waals surface area contributed by atoms with E-state index in [2.05, 4.69) is 40.5 Å². The van der Waals surface area contributed by atoms with Crippen molar-refractivity contribution >= 4 is 27.6 Å². The van der Waals surface area contributed by atoms with Gasteiger partial charge in [0.15, 0.2) is 10.8 Å². The minimum Gasteiger partial charge on any atom is -0.477 e. The molecule has 2 aliphatic heterocycles. The van der Waals surface area contributed by atoms with Gasteiger partial charge in [-0.3, -0.25) is 4.79 Å². The summed E-state index contributed by atoms with van der Waals surface area (Å²) >= 11 is 0. The van der Waals surface area contributed by atoms with Gasteiger partial charge < -0.3 is 14.5 Å². The Morgan fingerprint density at radius 3 is 2.58 bits per heavy atom. The highest BCUT2D eigenvalue weighted by molar-refractivity contribution is 7.90. The summed E-state index contributed by atoms with van der Waals surface area (Å²) in [6.45, 7) is 7.24. The third-order valence-corrected chi connectivity index (χ3v) is 10.2. The maximum Gasteiger partial charge on any atom is 0.394 e. The van der Waals surface area contributed by atoms with Crippen molar-refractivity contribution in [1.82, 2.24) is 24.5 Å². The predicted octanol–water partition coefficient (Wildman–Crippen LogP) is 4.87. The van der Waals surface area contributed by atoms with Crippen LogP contribution in [0.15, 0.2) is 47.6 Å². The van der Waals surface area contributed by atoms with E-state index in [9.17, 15) is 26.4 Å². The highest BCUT2D eigenvalue weighted by Gasteiger charge is 2.62. The number of hydrogen-bond donors (Lipinski definition) is 1. The second kappa shape index (κ2) is 11.2. The molecule has 0 aromatic carbocycles. The molecule has 1 aliphatic carbocycles. The normalized spacial score (nSPS) is 21.4. The molecule has 3 aromatic heterocycles. The molecule has 1 N–H and O–H groups in total. The molecule has 11 nitrogen and oxygen atoms in total. The van der Waals surface area contributed by atoms with Gasteiger partial charge in [-0.05, 0) is 70.2 Å². The van der Waals surface area contributed by atoms with Crippen LogP contribution in [0.3, 0.4) is 0 Å². The number of alkyl halides is 3. The number of aromatic nitrogens is 4. The molecule has 1 saturated heterocycles. The van der Waals surface area contributed by atoms with Gasteiger partial charge in [0.05, 0.1) is 23.6 Å². The molecular weight excluding hydrogens is 611 g/mol. The number of rotatable bonds is 8. The Balaban J connectivity index is 1.34. The Kier molecular flexibility index (Phi) is 7.73. The molecule has 5 heterocycles. The van der Waals surface area contributed by atoms with E-state index in [1.54, 1.807) is 18.3 Å². The van der Waals surface area contributed by atoms with E-state index in [0.717, 1.165) is 12.8 Å². The van der Waals surface area contributed by atoms with Gasteiger partial charge in [-0.15, -0.1) is 5.10 Å². The first kappa shape index (κ1) is 31.1. The molecule has 2 fully saturated rings. The van der Waals surface area contributed by atoms with Crippen molar-refractivity contribution in [3.05, 3.63) is 48.2 Å². The summed E-state index contributed by atoms with van der Waals surface area (Å²) in [5.74, 6) is 0.444. The van der Waals surface area contributed by atoms with Crippen LogP contribution in [-0.4, -0.2) is 71.5 Å². The number of amides is 1. The molecule has 0 spiro atoms. The molecule has 4 bridgehead atoms. The highest BCUT2D eigenvalue weighted by atomic mass is 32.2. The van der Waals surface area contributed by atoms with Crippen LogP contribution in [0.25, 0.3) is 5.82 Å². The fourth-order valence-corrected chi connectivity index (χ4v) is 7.11. The summed E-state index contributed by atoms with van der Waals surface area (Å²) in [5.41, 5.74) is -2.07. The van der Waals surface area contributed by atoms with Crippen LogP contribution in [0.4, 0.5) is 24.8 Å². The van der Waals surface area contributed by atoms with Gasteiger partial charge in [0.1, 0.15) is 11.6 Å². The van der Waals surface area contributed by atoms with Gasteiger partial charge in [0, 0.05) is 30.9 Å². The average molecular weight is 648 g/mol. The lowest BCUT2D eigenvalue weighted by molar-refractivity contribution is -0.190. The Morgan fingerprint density at radius 2 is 1.87 bits per heavy atom. The van der Waals surface area contributed by atoms with Crippen LogP contribution < -0.4 is 19.3 Å². The van der Waals surface area contributed by atoms with E-state index in [4.69, 9.17) is 9.72 Å². The van der Waals surface area contributed by atoms with Gasteiger partial charge in [-0.2, -0.15) is 21.6 Å². The SMILES string of the molecule is CCCCN1c2cccc(n2)S(=O)(=O)NC(=O)c2ccc(-n3ccc(OCCC4(C(F)(F)F)CC4)n3)nc2N2CC1CC2(C)C. The van der Waals surface area contributed by atoms with Gasteiger partial charge in [-0.1, -0.05) is 19.4 Å². The second-order valence-electron chi connectivity index (χ2n) is 12.6. The van der Waals surface area contributed by atoms with Crippen molar-refractivity contribution in [2.45, 2.75) is 82.1 Å². The highest BCUT2D eigenvalue weighted by Crippen LogP contribution is 2.59. The number of carbonyl (C=O) groups is 1. The molecule has 0 radical (unpaired) electrons. The summed E-state index contributed by atoms with van der Waals surface area (Å²) < 4.78 is 75.6. The first-order chi connectivity index (χ1) is 21.2. The monoisotopic (exact) mass is 647 g/mol. The van der Waals surface area contributed by atoms with Crippen molar-refractivity contribution in [2.24, 2.45) is 5.41 Å². The summed E-state index contributed by atoms with van der Waals surface area (Å²) in [6, 6.07) is 9.30. The summed E-state index contributed by atoms with van der Waals surface area (Å²) in [7, 11) is -4.30. The third kappa shape index (κ3) is 5.93. The number of anilines is 2. The van der Waals surface area contributed by atoms with Gasteiger partial charge >= 0.3 is 6.18 Å². The average Bonchev–Trinajstić information content (AvgIpc) is 3.52. The van der Waals surface area contributed by atoms with Crippen LogP contribution >= 0.6 is 0 Å². The molecule has 3 aromatic rings. The molecule has 1 amide bonds. The Morgan fingerprint density at radius 1 is 1.09 bits per heavy atom. The fourth-order valence-electron chi connectivity index (χ4n) is 6.18. The van der Waals surface area contributed by atoms with Crippen molar-refractivity contribution < 1.29 is 31.1 Å².